The van der Waals surface area contributed by atoms with E-state index in [0.717, 1.165) is 19.3 Å². The minimum atomic E-state index is -1.05. The summed E-state index contributed by atoms with van der Waals surface area (Å²) in [5.74, 6) is -0.394. The van der Waals surface area contributed by atoms with Crippen LogP contribution >= 0.6 is 0 Å². The quantitative estimate of drug-likeness (QED) is 0.598. The first-order valence-corrected chi connectivity index (χ1v) is 9.34. The van der Waals surface area contributed by atoms with Crippen LogP contribution in [0.5, 0.6) is 0 Å². The van der Waals surface area contributed by atoms with Gasteiger partial charge in [-0.2, -0.15) is 5.26 Å². The Morgan fingerprint density at radius 3 is 2.68 bits per heavy atom. The summed E-state index contributed by atoms with van der Waals surface area (Å²) in [5, 5.41) is 21.7. The zero-order valence-electron chi connectivity index (χ0n) is 15.6. The van der Waals surface area contributed by atoms with Gasteiger partial charge in [-0.1, -0.05) is 38.0 Å². The molecule has 0 bridgehead atoms. The van der Waals surface area contributed by atoms with E-state index in [-0.39, 0.29) is 17.2 Å². The third-order valence-electron chi connectivity index (χ3n) is 5.13. The summed E-state index contributed by atoms with van der Waals surface area (Å²) in [5.41, 5.74) is 0.524. The van der Waals surface area contributed by atoms with Crippen LogP contribution in [0.2, 0.25) is 0 Å². The van der Waals surface area contributed by atoms with Gasteiger partial charge in [-0.15, -0.1) is 0 Å². The Balaban J connectivity index is 1.80. The third-order valence-corrected chi connectivity index (χ3v) is 5.13. The standard InChI is InChI=1S/C22H22N2O4/c1-14-6-2-5-9-19(14)24-21(25)15(13-23)12-16-10-11-20(28-16)17-7-3-4-8-18(17)22(26)27/h3-4,7-8,10-12,14,19H,2,5-6,9H2,1H3,(H,24,25)(H,26,27)/b15-12+/t14-,19-/m1/s1. The number of furan rings is 1. The van der Waals surface area contributed by atoms with E-state index < -0.39 is 11.9 Å². The van der Waals surface area contributed by atoms with E-state index >= 15 is 0 Å². The first-order chi connectivity index (χ1) is 13.5. The number of amides is 1. The van der Waals surface area contributed by atoms with Crippen molar-refractivity contribution in [3.05, 3.63) is 53.3 Å². The lowest BCUT2D eigenvalue weighted by Crippen LogP contribution is -2.41. The van der Waals surface area contributed by atoms with Gasteiger partial charge >= 0.3 is 5.97 Å². The molecule has 0 aliphatic heterocycles. The Kier molecular flexibility index (Phi) is 5.95. The molecule has 6 heteroatoms. The summed E-state index contributed by atoms with van der Waals surface area (Å²) >= 11 is 0. The van der Waals surface area contributed by atoms with Crippen molar-refractivity contribution in [1.29, 1.82) is 5.26 Å². The molecule has 1 aromatic heterocycles. The number of hydrogen-bond donors (Lipinski definition) is 2. The van der Waals surface area contributed by atoms with Gasteiger partial charge in [-0.05, 0) is 37.0 Å². The van der Waals surface area contributed by atoms with Crippen molar-refractivity contribution < 1.29 is 19.1 Å². The Morgan fingerprint density at radius 1 is 1.21 bits per heavy atom. The maximum Gasteiger partial charge on any atom is 0.336 e. The number of carbonyl (C=O) groups excluding carboxylic acids is 1. The molecule has 2 N–H and O–H groups in total. The van der Waals surface area contributed by atoms with Crippen molar-refractivity contribution in [3.63, 3.8) is 0 Å². The molecule has 1 aromatic carbocycles. The average molecular weight is 378 g/mol. The monoisotopic (exact) mass is 378 g/mol. The number of benzene rings is 1. The summed E-state index contributed by atoms with van der Waals surface area (Å²) in [6.45, 7) is 2.11. The summed E-state index contributed by atoms with van der Waals surface area (Å²) < 4.78 is 5.68. The predicted molar refractivity (Wildman–Crippen MR) is 104 cm³/mol. The Morgan fingerprint density at radius 2 is 1.96 bits per heavy atom. The fraction of sp³-hybridized carbons (Fsp3) is 0.318. The zero-order chi connectivity index (χ0) is 20.1. The highest BCUT2D eigenvalue weighted by molar-refractivity contribution is 6.01. The first kappa shape index (κ1) is 19.4. The Bertz CT molecular complexity index is 951. The van der Waals surface area contributed by atoms with E-state index in [1.54, 1.807) is 30.3 Å². The van der Waals surface area contributed by atoms with Crippen LogP contribution in [0.15, 0.2) is 46.4 Å². The van der Waals surface area contributed by atoms with Crippen LogP contribution in [0.4, 0.5) is 0 Å². The molecule has 144 valence electrons. The van der Waals surface area contributed by atoms with Crippen molar-refractivity contribution >= 4 is 18.0 Å². The molecule has 1 fully saturated rings. The molecule has 1 aliphatic carbocycles. The number of nitriles is 1. The van der Waals surface area contributed by atoms with Gasteiger partial charge in [0.2, 0.25) is 0 Å². The number of hydrogen-bond acceptors (Lipinski definition) is 4. The van der Waals surface area contributed by atoms with Gasteiger partial charge in [0.05, 0.1) is 5.56 Å². The van der Waals surface area contributed by atoms with Gasteiger partial charge in [-0.25, -0.2) is 4.79 Å². The number of nitrogens with one attached hydrogen (secondary N) is 1. The maximum atomic E-state index is 12.5. The molecule has 0 radical (unpaired) electrons. The van der Waals surface area contributed by atoms with Crippen molar-refractivity contribution in [3.8, 4) is 17.4 Å². The molecule has 2 aromatic rings. The number of carboxylic acid groups (broad SMARTS) is 1. The van der Waals surface area contributed by atoms with E-state index in [9.17, 15) is 20.0 Å². The molecule has 1 amide bonds. The molecule has 2 atom stereocenters. The topological polar surface area (TPSA) is 103 Å². The highest BCUT2D eigenvalue weighted by Gasteiger charge is 2.24. The lowest BCUT2D eigenvalue weighted by Gasteiger charge is -2.29. The van der Waals surface area contributed by atoms with E-state index in [2.05, 4.69) is 12.2 Å². The molecule has 3 rings (SSSR count). The summed E-state index contributed by atoms with van der Waals surface area (Å²) in [6.07, 6.45) is 5.62. The minimum absolute atomic E-state index is 0.0369. The van der Waals surface area contributed by atoms with Gasteiger partial charge in [0.25, 0.3) is 5.91 Å². The van der Waals surface area contributed by atoms with Crippen LogP contribution in [0.3, 0.4) is 0 Å². The zero-order valence-corrected chi connectivity index (χ0v) is 15.6. The number of carboxylic acids is 1. The van der Waals surface area contributed by atoms with Crippen LogP contribution < -0.4 is 5.32 Å². The Hall–Kier alpha value is -3.33. The lowest BCUT2D eigenvalue weighted by atomic mass is 9.86. The normalized spacial score (nSPS) is 19.6. The van der Waals surface area contributed by atoms with Gasteiger partial charge < -0.3 is 14.8 Å². The van der Waals surface area contributed by atoms with E-state index in [4.69, 9.17) is 4.42 Å². The molecule has 1 saturated carbocycles. The fourth-order valence-corrected chi connectivity index (χ4v) is 3.53. The maximum absolute atomic E-state index is 12.5. The van der Waals surface area contributed by atoms with Crippen molar-refractivity contribution in [2.45, 2.75) is 38.6 Å². The third kappa shape index (κ3) is 4.32. The van der Waals surface area contributed by atoms with Crippen LogP contribution in [-0.4, -0.2) is 23.0 Å². The van der Waals surface area contributed by atoms with E-state index in [1.165, 1.54) is 18.6 Å². The molecule has 0 spiro atoms. The predicted octanol–water partition coefficient (Wildman–Crippen LogP) is 4.25. The lowest BCUT2D eigenvalue weighted by molar-refractivity contribution is -0.118. The number of rotatable bonds is 5. The van der Waals surface area contributed by atoms with Gasteiger partial charge in [0.1, 0.15) is 23.2 Å². The smallest absolute Gasteiger partial charge is 0.336 e. The van der Waals surface area contributed by atoms with E-state index in [0.29, 0.717) is 23.0 Å². The van der Waals surface area contributed by atoms with Crippen molar-refractivity contribution in [2.24, 2.45) is 5.92 Å². The largest absolute Gasteiger partial charge is 0.478 e. The molecule has 1 aliphatic rings. The molecule has 1 heterocycles. The summed E-state index contributed by atoms with van der Waals surface area (Å²) in [7, 11) is 0. The number of carbonyl (C=O) groups is 2. The second-order valence-corrected chi connectivity index (χ2v) is 7.06. The molecule has 28 heavy (non-hydrogen) atoms. The molecule has 0 unspecified atom stereocenters. The first-order valence-electron chi connectivity index (χ1n) is 9.34. The van der Waals surface area contributed by atoms with Gasteiger partial charge in [-0.3, -0.25) is 4.79 Å². The summed E-state index contributed by atoms with van der Waals surface area (Å²) in [4.78, 5) is 23.9. The Labute approximate surface area is 163 Å². The van der Waals surface area contributed by atoms with Crippen molar-refractivity contribution in [1.82, 2.24) is 5.32 Å². The molecular formula is C22H22N2O4. The fourth-order valence-electron chi connectivity index (χ4n) is 3.53. The molecule has 6 nitrogen and oxygen atoms in total. The average Bonchev–Trinajstić information content (AvgIpc) is 3.16. The SMILES string of the molecule is C[C@@H]1CCCC[C@H]1NC(=O)/C(C#N)=C/c1ccc(-c2ccccc2C(=O)O)o1. The second-order valence-electron chi connectivity index (χ2n) is 7.06. The number of nitrogens with zero attached hydrogens (tertiary/aromatic N) is 1. The van der Waals surface area contributed by atoms with E-state index in [1.807, 2.05) is 6.07 Å². The second kappa shape index (κ2) is 8.57. The van der Waals surface area contributed by atoms with Crippen LogP contribution in [0.25, 0.3) is 17.4 Å². The van der Waals surface area contributed by atoms with Gasteiger partial charge in [0.15, 0.2) is 0 Å². The van der Waals surface area contributed by atoms with Crippen molar-refractivity contribution in [2.75, 3.05) is 0 Å². The highest BCUT2D eigenvalue weighted by Crippen LogP contribution is 2.27. The van der Waals surface area contributed by atoms with Crippen LogP contribution in [0.1, 0.15) is 48.7 Å². The highest BCUT2D eigenvalue weighted by atomic mass is 16.4. The molecule has 0 saturated heterocycles. The molecular weight excluding hydrogens is 356 g/mol. The van der Waals surface area contributed by atoms with Crippen LogP contribution in [0, 0.1) is 17.2 Å². The number of aromatic carboxylic acids is 1. The minimum Gasteiger partial charge on any atom is -0.478 e. The summed E-state index contributed by atoms with van der Waals surface area (Å²) in [6, 6.07) is 11.8. The van der Waals surface area contributed by atoms with Crippen LogP contribution in [-0.2, 0) is 4.79 Å². The van der Waals surface area contributed by atoms with Gasteiger partial charge in [0, 0.05) is 17.7 Å².